The smallest absolute Gasteiger partial charge is 0.270 e. The summed E-state index contributed by atoms with van der Waals surface area (Å²) in [5, 5.41) is 0.171. The van der Waals surface area contributed by atoms with Gasteiger partial charge in [-0.15, -0.1) is 0 Å². The Labute approximate surface area is 132 Å². The number of rotatable bonds is 2. The second kappa shape index (κ2) is 5.57. The predicted octanol–water partition coefficient (Wildman–Crippen LogP) is 2.19. The van der Waals surface area contributed by atoms with Crippen molar-refractivity contribution in [2.75, 3.05) is 11.9 Å². The molecule has 6 heteroatoms. The average molecular weight is 311 g/mol. The zero-order valence-corrected chi connectivity index (χ0v) is 12.6. The van der Waals surface area contributed by atoms with Gasteiger partial charge >= 0.3 is 0 Å². The molecule has 1 N–H and O–H groups in total. The van der Waals surface area contributed by atoms with Crippen LogP contribution >= 0.6 is 12.2 Å². The second-order valence-corrected chi connectivity index (χ2v) is 5.17. The van der Waals surface area contributed by atoms with Crippen LogP contribution < -0.4 is 4.90 Å². The molecule has 0 bridgehead atoms. The molecule has 0 spiro atoms. The summed E-state index contributed by atoms with van der Waals surface area (Å²) in [7, 11) is 1.57. The van der Waals surface area contributed by atoms with E-state index in [0.717, 1.165) is 0 Å². The molecule has 110 valence electrons. The minimum atomic E-state index is -0.422. The van der Waals surface area contributed by atoms with Crippen molar-refractivity contribution in [1.82, 2.24) is 9.88 Å². The number of hydrogen-bond donors (Lipinski definition) is 1. The molecule has 0 aliphatic carbocycles. The van der Waals surface area contributed by atoms with Crippen LogP contribution in [-0.4, -0.2) is 33.9 Å². The van der Waals surface area contributed by atoms with Crippen molar-refractivity contribution in [3.63, 3.8) is 0 Å². The Morgan fingerprint density at radius 2 is 1.77 bits per heavy atom. The Balaban J connectivity index is 2.07. The fourth-order valence-corrected chi connectivity index (χ4v) is 2.51. The SMILES string of the molecule is CN1C(=O)/C(=C/c2ccc[nH]2)C(=O)N(c2ccccc2)C1=S. The number of nitrogens with zero attached hydrogens (tertiary/aromatic N) is 2. The summed E-state index contributed by atoms with van der Waals surface area (Å²) in [6.45, 7) is 0. The molecule has 0 unspecified atom stereocenters. The van der Waals surface area contributed by atoms with Gasteiger partial charge in [-0.3, -0.25) is 19.4 Å². The summed E-state index contributed by atoms with van der Waals surface area (Å²) in [4.78, 5) is 30.7. The van der Waals surface area contributed by atoms with Crippen LogP contribution in [0.15, 0.2) is 54.2 Å². The third-order valence-electron chi connectivity index (χ3n) is 3.38. The highest BCUT2D eigenvalue weighted by Crippen LogP contribution is 2.24. The van der Waals surface area contributed by atoms with E-state index in [4.69, 9.17) is 12.2 Å². The van der Waals surface area contributed by atoms with Crippen LogP contribution in [0, 0.1) is 0 Å². The quantitative estimate of drug-likeness (QED) is 0.525. The van der Waals surface area contributed by atoms with Gasteiger partial charge in [0.15, 0.2) is 5.11 Å². The van der Waals surface area contributed by atoms with Crippen molar-refractivity contribution >= 4 is 40.9 Å². The predicted molar refractivity (Wildman–Crippen MR) is 88.1 cm³/mol. The minimum absolute atomic E-state index is 0.0717. The van der Waals surface area contributed by atoms with Gasteiger partial charge in [0.1, 0.15) is 5.57 Å². The van der Waals surface area contributed by atoms with Crippen LogP contribution in [0.2, 0.25) is 0 Å². The number of carbonyl (C=O) groups is 2. The number of H-pyrrole nitrogens is 1. The molecule has 1 saturated heterocycles. The lowest BCUT2D eigenvalue weighted by atomic mass is 10.1. The molecule has 0 atom stereocenters. The Morgan fingerprint density at radius 3 is 2.41 bits per heavy atom. The van der Waals surface area contributed by atoms with E-state index in [9.17, 15) is 9.59 Å². The highest BCUT2D eigenvalue weighted by atomic mass is 32.1. The van der Waals surface area contributed by atoms with Crippen LogP contribution in [0.1, 0.15) is 5.69 Å². The summed E-state index contributed by atoms with van der Waals surface area (Å²) >= 11 is 5.26. The first kappa shape index (κ1) is 14.2. The van der Waals surface area contributed by atoms with Gasteiger partial charge in [0, 0.05) is 18.9 Å². The molecule has 1 fully saturated rings. The lowest BCUT2D eigenvalue weighted by Gasteiger charge is -2.34. The van der Waals surface area contributed by atoms with Crippen LogP contribution in [0.25, 0.3) is 6.08 Å². The maximum atomic E-state index is 12.7. The molecule has 1 aliphatic rings. The third-order valence-corrected chi connectivity index (χ3v) is 3.84. The monoisotopic (exact) mass is 311 g/mol. The Kier molecular flexibility index (Phi) is 3.60. The molecule has 3 rings (SSSR count). The van der Waals surface area contributed by atoms with E-state index in [-0.39, 0.29) is 10.7 Å². The van der Waals surface area contributed by atoms with Gasteiger partial charge in [-0.1, -0.05) is 18.2 Å². The standard InChI is InChI=1S/C16H13N3O2S/c1-18-14(20)13(10-11-6-5-9-17-11)15(21)19(16(18)22)12-7-3-2-4-8-12/h2-10,17H,1H3/b13-10-. The van der Waals surface area contributed by atoms with Crippen molar-refractivity contribution in [3.8, 4) is 0 Å². The summed E-state index contributed by atoms with van der Waals surface area (Å²) in [5.74, 6) is -0.828. The lowest BCUT2D eigenvalue weighted by molar-refractivity contribution is -0.127. The number of anilines is 1. The van der Waals surface area contributed by atoms with Crippen LogP contribution in [-0.2, 0) is 9.59 Å². The van der Waals surface area contributed by atoms with Crippen molar-refractivity contribution < 1.29 is 9.59 Å². The van der Waals surface area contributed by atoms with E-state index in [1.165, 1.54) is 9.80 Å². The number of hydrogen-bond acceptors (Lipinski definition) is 3. The van der Waals surface area contributed by atoms with Crippen molar-refractivity contribution in [2.24, 2.45) is 0 Å². The fourth-order valence-electron chi connectivity index (χ4n) is 2.23. The number of likely N-dealkylation sites (N-methyl/N-ethyl adjacent to an activating group) is 1. The fraction of sp³-hybridized carbons (Fsp3) is 0.0625. The maximum Gasteiger partial charge on any atom is 0.270 e. The Morgan fingerprint density at radius 1 is 1.05 bits per heavy atom. The number of aromatic amines is 1. The van der Waals surface area contributed by atoms with E-state index < -0.39 is 11.8 Å². The molecule has 5 nitrogen and oxygen atoms in total. The number of para-hydroxylation sites is 1. The highest BCUT2D eigenvalue weighted by Gasteiger charge is 2.38. The minimum Gasteiger partial charge on any atom is -0.362 e. The van der Waals surface area contributed by atoms with Gasteiger partial charge in [-0.05, 0) is 42.6 Å². The molecule has 1 aliphatic heterocycles. The van der Waals surface area contributed by atoms with Gasteiger partial charge in [-0.25, -0.2) is 0 Å². The largest absolute Gasteiger partial charge is 0.362 e. The molecule has 0 radical (unpaired) electrons. The molecule has 2 amide bonds. The van der Waals surface area contributed by atoms with E-state index >= 15 is 0 Å². The topological polar surface area (TPSA) is 56.4 Å². The summed E-state index contributed by atoms with van der Waals surface area (Å²) in [6, 6.07) is 12.6. The number of benzene rings is 1. The summed E-state index contributed by atoms with van der Waals surface area (Å²) in [5.41, 5.74) is 1.39. The summed E-state index contributed by atoms with van der Waals surface area (Å²) in [6.07, 6.45) is 3.27. The first-order valence-corrected chi connectivity index (χ1v) is 7.07. The van der Waals surface area contributed by atoms with Gasteiger partial charge in [0.2, 0.25) is 0 Å². The maximum absolute atomic E-state index is 12.7. The number of aromatic nitrogens is 1. The van der Waals surface area contributed by atoms with E-state index in [1.807, 2.05) is 18.2 Å². The molecule has 1 aromatic carbocycles. The second-order valence-electron chi connectivity index (χ2n) is 4.81. The lowest BCUT2D eigenvalue weighted by Crippen LogP contribution is -2.54. The van der Waals surface area contributed by atoms with Gasteiger partial charge in [0.05, 0.1) is 5.69 Å². The van der Waals surface area contributed by atoms with Crippen LogP contribution in [0.5, 0.6) is 0 Å². The number of nitrogens with one attached hydrogen (secondary N) is 1. The van der Waals surface area contributed by atoms with Gasteiger partial charge in [-0.2, -0.15) is 0 Å². The van der Waals surface area contributed by atoms with Crippen LogP contribution in [0.4, 0.5) is 5.69 Å². The first-order chi connectivity index (χ1) is 10.6. The normalized spacial score (nSPS) is 17.5. The number of carbonyl (C=O) groups excluding carboxylic acids is 2. The van der Waals surface area contributed by atoms with Crippen molar-refractivity contribution in [1.29, 1.82) is 0 Å². The summed E-state index contributed by atoms with van der Waals surface area (Å²) < 4.78 is 0. The van der Waals surface area contributed by atoms with Gasteiger partial charge < -0.3 is 4.98 Å². The molecular formula is C16H13N3O2S. The Hall–Kier alpha value is -2.73. The average Bonchev–Trinajstić information content (AvgIpc) is 3.04. The number of amides is 2. The van der Waals surface area contributed by atoms with Crippen molar-refractivity contribution in [2.45, 2.75) is 0 Å². The van der Waals surface area contributed by atoms with E-state index in [1.54, 1.807) is 43.6 Å². The highest BCUT2D eigenvalue weighted by molar-refractivity contribution is 7.80. The first-order valence-electron chi connectivity index (χ1n) is 6.66. The van der Waals surface area contributed by atoms with Crippen molar-refractivity contribution in [3.05, 3.63) is 59.9 Å². The Bertz CT molecular complexity index is 766. The molecule has 2 aromatic rings. The zero-order chi connectivity index (χ0) is 15.7. The molecule has 22 heavy (non-hydrogen) atoms. The van der Waals surface area contributed by atoms with Crippen LogP contribution in [0.3, 0.4) is 0 Å². The van der Waals surface area contributed by atoms with E-state index in [0.29, 0.717) is 11.4 Å². The molecular weight excluding hydrogens is 298 g/mol. The molecule has 1 aromatic heterocycles. The number of thiocarbonyl (C=S) groups is 1. The zero-order valence-electron chi connectivity index (χ0n) is 11.8. The van der Waals surface area contributed by atoms with Gasteiger partial charge in [0.25, 0.3) is 11.8 Å². The third kappa shape index (κ3) is 2.33. The van der Waals surface area contributed by atoms with E-state index in [2.05, 4.69) is 4.98 Å². The molecule has 2 heterocycles. The molecule has 0 saturated carbocycles.